The van der Waals surface area contributed by atoms with Crippen LogP contribution in [0.25, 0.3) is 0 Å². The normalized spacial score (nSPS) is 23.9. The average molecular weight is 224 g/mol. The molecule has 1 aromatic rings. The van der Waals surface area contributed by atoms with E-state index in [1.807, 2.05) is 12.4 Å². The van der Waals surface area contributed by atoms with Crippen molar-refractivity contribution >= 4 is 11.1 Å². The SMILES string of the molecule is C[SH](C)N1CCCC(c2cccnc2)C1. The van der Waals surface area contributed by atoms with Crippen LogP contribution in [-0.4, -0.2) is 34.9 Å². The average Bonchev–Trinajstić information content (AvgIpc) is 2.30. The van der Waals surface area contributed by atoms with Gasteiger partial charge < -0.3 is 0 Å². The van der Waals surface area contributed by atoms with Crippen LogP contribution in [0, 0.1) is 0 Å². The van der Waals surface area contributed by atoms with Crippen molar-refractivity contribution in [3.63, 3.8) is 0 Å². The highest BCUT2D eigenvalue weighted by atomic mass is 32.2. The van der Waals surface area contributed by atoms with E-state index in [0.29, 0.717) is 5.92 Å². The summed E-state index contributed by atoms with van der Waals surface area (Å²) in [5.74, 6) is 0.706. The van der Waals surface area contributed by atoms with Gasteiger partial charge in [0.1, 0.15) is 0 Å². The van der Waals surface area contributed by atoms with E-state index in [4.69, 9.17) is 0 Å². The Kier molecular flexibility index (Phi) is 3.65. The first-order valence-corrected chi connectivity index (χ1v) is 7.78. The number of piperidine rings is 1. The number of hydrogen-bond acceptors (Lipinski definition) is 2. The van der Waals surface area contributed by atoms with E-state index in [1.54, 1.807) is 0 Å². The molecule has 0 spiro atoms. The monoisotopic (exact) mass is 224 g/mol. The molecular formula is C12H20N2S. The quantitative estimate of drug-likeness (QED) is 0.777. The van der Waals surface area contributed by atoms with Crippen LogP contribution in [0.4, 0.5) is 0 Å². The van der Waals surface area contributed by atoms with Gasteiger partial charge in [-0.25, -0.2) is 11.1 Å². The van der Waals surface area contributed by atoms with E-state index in [2.05, 4.69) is 33.9 Å². The lowest BCUT2D eigenvalue weighted by Gasteiger charge is -2.37. The summed E-state index contributed by atoms with van der Waals surface area (Å²) < 4.78 is 2.64. The van der Waals surface area contributed by atoms with Gasteiger partial charge in [0.25, 0.3) is 0 Å². The second kappa shape index (κ2) is 4.99. The summed E-state index contributed by atoms with van der Waals surface area (Å²) in [7, 11) is 0. The highest BCUT2D eigenvalue weighted by Crippen LogP contribution is 2.33. The molecule has 1 unspecified atom stereocenters. The number of thiol groups is 1. The molecule has 3 heteroatoms. The third-order valence-electron chi connectivity index (χ3n) is 3.12. The van der Waals surface area contributed by atoms with Gasteiger partial charge in [0.05, 0.1) is 0 Å². The van der Waals surface area contributed by atoms with Crippen LogP contribution < -0.4 is 0 Å². The van der Waals surface area contributed by atoms with Gasteiger partial charge in [0, 0.05) is 25.5 Å². The molecule has 1 aromatic heterocycles. The molecule has 15 heavy (non-hydrogen) atoms. The zero-order chi connectivity index (χ0) is 10.7. The third kappa shape index (κ3) is 2.73. The fraction of sp³-hybridized carbons (Fsp3) is 0.583. The molecule has 2 heterocycles. The second-order valence-electron chi connectivity index (χ2n) is 4.39. The van der Waals surface area contributed by atoms with Crippen LogP contribution in [0.5, 0.6) is 0 Å². The molecule has 0 aromatic carbocycles. The van der Waals surface area contributed by atoms with Gasteiger partial charge in [-0.15, -0.1) is 0 Å². The van der Waals surface area contributed by atoms with Gasteiger partial charge in [0.15, 0.2) is 0 Å². The molecule has 0 saturated carbocycles. The van der Waals surface area contributed by atoms with Gasteiger partial charge in [-0.1, -0.05) is 6.07 Å². The maximum Gasteiger partial charge on any atom is 0.0303 e. The summed E-state index contributed by atoms with van der Waals surface area (Å²) in [6.07, 6.45) is 11.2. The minimum Gasteiger partial charge on any atom is -0.270 e. The van der Waals surface area contributed by atoms with E-state index in [9.17, 15) is 0 Å². The molecule has 1 aliphatic heterocycles. The summed E-state index contributed by atoms with van der Waals surface area (Å²) in [6.45, 7) is 2.51. The van der Waals surface area contributed by atoms with Crippen molar-refractivity contribution in [2.45, 2.75) is 18.8 Å². The Morgan fingerprint density at radius 1 is 1.47 bits per heavy atom. The highest BCUT2D eigenvalue weighted by molar-refractivity contribution is 8.13. The summed E-state index contributed by atoms with van der Waals surface area (Å²) in [5.41, 5.74) is 1.42. The van der Waals surface area contributed by atoms with E-state index in [1.165, 1.54) is 31.5 Å². The molecule has 1 aliphatic rings. The van der Waals surface area contributed by atoms with Gasteiger partial charge in [-0.3, -0.25) is 9.29 Å². The topological polar surface area (TPSA) is 16.1 Å². The van der Waals surface area contributed by atoms with Crippen LogP contribution in [0.1, 0.15) is 24.3 Å². The van der Waals surface area contributed by atoms with E-state index < -0.39 is 0 Å². The lowest BCUT2D eigenvalue weighted by atomic mass is 9.93. The second-order valence-corrected chi connectivity index (χ2v) is 6.65. The molecule has 0 amide bonds. The predicted molar refractivity (Wildman–Crippen MR) is 68.6 cm³/mol. The van der Waals surface area contributed by atoms with Crippen LogP contribution in [0.2, 0.25) is 0 Å². The Labute approximate surface area is 95.2 Å². The Morgan fingerprint density at radius 3 is 3.00 bits per heavy atom. The Bertz CT molecular complexity index is 300. The van der Waals surface area contributed by atoms with Crippen molar-refractivity contribution in [3.8, 4) is 0 Å². The van der Waals surface area contributed by atoms with Crippen molar-refractivity contribution in [3.05, 3.63) is 30.1 Å². The largest absolute Gasteiger partial charge is 0.270 e. The maximum atomic E-state index is 4.22. The van der Waals surface area contributed by atoms with Crippen molar-refractivity contribution < 1.29 is 0 Å². The molecule has 1 fully saturated rings. The predicted octanol–water partition coefficient (Wildman–Crippen LogP) is 2.44. The molecule has 0 bridgehead atoms. The van der Waals surface area contributed by atoms with Crippen molar-refractivity contribution in [1.29, 1.82) is 0 Å². The van der Waals surface area contributed by atoms with Gasteiger partial charge in [-0.2, -0.15) is 0 Å². The maximum absolute atomic E-state index is 4.22. The minimum atomic E-state index is 0.0773. The fourth-order valence-corrected chi connectivity index (χ4v) is 3.28. The summed E-state index contributed by atoms with van der Waals surface area (Å²) in [5, 5.41) is 0. The number of hydrogen-bond donors (Lipinski definition) is 1. The number of aromatic nitrogens is 1. The molecule has 84 valence electrons. The summed E-state index contributed by atoms with van der Waals surface area (Å²) >= 11 is 0.0773. The van der Waals surface area contributed by atoms with Crippen LogP contribution >= 0.6 is 11.1 Å². The van der Waals surface area contributed by atoms with E-state index in [-0.39, 0.29) is 11.1 Å². The van der Waals surface area contributed by atoms with Crippen molar-refractivity contribution in [2.24, 2.45) is 0 Å². The smallest absolute Gasteiger partial charge is 0.0303 e. The lowest BCUT2D eigenvalue weighted by molar-refractivity contribution is 0.340. The van der Waals surface area contributed by atoms with Crippen LogP contribution in [0.3, 0.4) is 0 Å². The van der Waals surface area contributed by atoms with Gasteiger partial charge in [-0.05, 0) is 42.9 Å². The molecule has 0 N–H and O–H groups in total. The first-order chi connectivity index (χ1) is 7.27. The molecular weight excluding hydrogens is 204 g/mol. The molecule has 0 aliphatic carbocycles. The van der Waals surface area contributed by atoms with Crippen molar-refractivity contribution in [2.75, 3.05) is 25.6 Å². The van der Waals surface area contributed by atoms with Gasteiger partial charge >= 0.3 is 0 Å². The number of nitrogens with zero attached hydrogens (tertiary/aromatic N) is 2. The number of rotatable bonds is 2. The first kappa shape index (κ1) is 11.0. The Balaban J connectivity index is 2.05. The minimum absolute atomic E-state index is 0.0773. The Morgan fingerprint density at radius 2 is 2.33 bits per heavy atom. The standard InChI is InChI=1S/C12H20N2S/c1-15(2)14-8-4-6-12(10-14)11-5-3-7-13-9-11/h3,5,7,9,12,15H,4,6,8,10H2,1-2H3. The summed E-state index contributed by atoms with van der Waals surface area (Å²) in [6, 6.07) is 4.27. The molecule has 1 atom stereocenters. The molecule has 2 nitrogen and oxygen atoms in total. The molecule has 0 radical (unpaired) electrons. The Hall–Kier alpha value is -0.540. The van der Waals surface area contributed by atoms with Crippen LogP contribution in [-0.2, 0) is 0 Å². The zero-order valence-electron chi connectivity index (χ0n) is 9.56. The number of pyridine rings is 1. The van der Waals surface area contributed by atoms with E-state index in [0.717, 1.165) is 0 Å². The summed E-state index contributed by atoms with van der Waals surface area (Å²) in [4.78, 5) is 4.22. The van der Waals surface area contributed by atoms with Crippen molar-refractivity contribution in [1.82, 2.24) is 9.29 Å². The molecule has 2 rings (SSSR count). The fourth-order valence-electron chi connectivity index (χ4n) is 2.21. The molecule has 1 saturated heterocycles. The first-order valence-electron chi connectivity index (χ1n) is 5.59. The van der Waals surface area contributed by atoms with E-state index >= 15 is 0 Å². The highest BCUT2D eigenvalue weighted by Gasteiger charge is 2.21. The van der Waals surface area contributed by atoms with Gasteiger partial charge in [0.2, 0.25) is 0 Å². The van der Waals surface area contributed by atoms with Crippen LogP contribution in [0.15, 0.2) is 24.5 Å². The third-order valence-corrected chi connectivity index (χ3v) is 4.62. The zero-order valence-corrected chi connectivity index (χ0v) is 10.5. The lowest BCUT2D eigenvalue weighted by Crippen LogP contribution is -2.31.